The quantitative estimate of drug-likeness (QED) is 0.388. The molecule has 0 aromatic rings. The van der Waals surface area contributed by atoms with Gasteiger partial charge in [-0.15, -0.1) is 0 Å². The van der Waals surface area contributed by atoms with Crippen LogP contribution in [0.5, 0.6) is 0 Å². The third-order valence-corrected chi connectivity index (χ3v) is 0. The van der Waals surface area contributed by atoms with Gasteiger partial charge in [0.2, 0.25) is 0 Å². The fraction of sp³-hybridized carbons (Fsp3) is 0. The molecule has 0 unspecified atom stereocenters. The zero-order chi connectivity index (χ0) is 4.50. The molecule has 42 valence electrons. The van der Waals surface area contributed by atoms with Crippen LogP contribution in [0.1, 0.15) is 1.43 Å². The maximum atomic E-state index is 8.80. The van der Waals surface area contributed by atoms with Crippen LogP contribution in [0.15, 0.2) is 0 Å². The number of rotatable bonds is 0. The molecule has 4 nitrogen and oxygen atoms in total. The summed E-state index contributed by atoms with van der Waals surface area (Å²) in [6, 6.07) is 0. The van der Waals surface area contributed by atoms with Crippen molar-refractivity contribution in [3.05, 3.63) is 0 Å². The van der Waals surface area contributed by atoms with Crippen LogP contribution >= 0.6 is 0 Å². The second-order valence-electron chi connectivity index (χ2n) is 0.415. The van der Waals surface area contributed by atoms with E-state index in [-0.39, 0.29) is 48.1 Å². The molecule has 0 heterocycles. The average Bonchev–Trinajstić information content (AvgIpc) is 0.722. The minimum absolute atomic E-state index is 0. The van der Waals surface area contributed by atoms with E-state index in [1.807, 2.05) is 0 Å². The molecule has 0 aromatic heterocycles. The average molecular weight is 200 g/mol. The summed E-state index contributed by atoms with van der Waals surface area (Å²) in [5.74, 6) is 0. The molecule has 0 aliphatic heterocycles. The van der Waals surface area contributed by atoms with E-state index < -0.39 is 13.4 Å². The molecule has 0 saturated carbocycles. The van der Waals surface area contributed by atoms with Crippen molar-refractivity contribution in [3.8, 4) is 0 Å². The van der Waals surface area contributed by atoms with Crippen molar-refractivity contribution in [2.24, 2.45) is 0 Å². The Morgan fingerprint density at radius 1 is 1.29 bits per heavy atom. The molecule has 0 amide bonds. The Hall–Kier alpha value is 1.56. The summed E-state index contributed by atoms with van der Waals surface area (Å²) in [5.41, 5.74) is 0. The van der Waals surface area contributed by atoms with Crippen molar-refractivity contribution in [2.75, 3.05) is 0 Å². The molecule has 0 fully saturated rings. The van der Waals surface area contributed by atoms with Crippen molar-refractivity contribution in [1.82, 2.24) is 0 Å². The molecule has 0 rings (SSSR count). The van der Waals surface area contributed by atoms with Crippen LogP contribution in [-0.2, 0) is 38.1 Å². The van der Waals surface area contributed by atoms with Gasteiger partial charge >= 0.3 is 59.0 Å². The molecule has 0 aromatic carbocycles. The first-order valence-corrected chi connectivity index (χ1v) is 2.67. The van der Waals surface area contributed by atoms with E-state index in [2.05, 4.69) is 0 Å². The molecule has 0 spiro atoms. The predicted molar refractivity (Wildman–Crippen MR) is 6.92 cm³/mol. The monoisotopic (exact) mass is 200 g/mol. The fourth-order valence-corrected chi connectivity index (χ4v) is 0. The van der Waals surface area contributed by atoms with Gasteiger partial charge in [-0.05, 0) is 0 Å². The molecule has 0 saturated heterocycles. The summed E-state index contributed by atoms with van der Waals surface area (Å²) in [5, 5.41) is 0. The van der Waals surface area contributed by atoms with E-state index in [4.69, 9.17) is 16.0 Å². The van der Waals surface area contributed by atoms with E-state index in [0.29, 0.717) is 0 Å². The van der Waals surface area contributed by atoms with Crippen LogP contribution in [0.2, 0.25) is 0 Å². The summed E-state index contributed by atoms with van der Waals surface area (Å²) < 4.78 is 31.8. The van der Waals surface area contributed by atoms with Crippen LogP contribution in [0, 0.1) is 0 Å². The Labute approximate surface area is 76.8 Å². The summed E-state index contributed by atoms with van der Waals surface area (Å²) >= 11 is -5.12. The summed E-state index contributed by atoms with van der Waals surface area (Å²) in [7, 11) is 0. The van der Waals surface area contributed by atoms with E-state index in [1.54, 1.807) is 0 Å². The summed E-state index contributed by atoms with van der Waals surface area (Å²) in [6.07, 6.45) is 0. The molecule has 0 aliphatic rings. The number of hydrogen-bond donors (Lipinski definition) is 2. The van der Waals surface area contributed by atoms with Crippen LogP contribution in [-0.4, -0.2) is 8.38 Å². The van der Waals surface area contributed by atoms with Gasteiger partial charge in [0, 0.05) is 17.1 Å². The van der Waals surface area contributed by atoms with Crippen molar-refractivity contribution in [2.45, 2.75) is 0 Å². The minimum atomic E-state index is -5.12. The molecule has 7 heavy (non-hydrogen) atoms. The van der Waals surface area contributed by atoms with Crippen molar-refractivity contribution in [1.29, 1.82) is 0 Å². The molecular weight excluding hydrogens is 197 g/mol. The van der Waals surface area contributed by atoms with Crippen molar-refractivity contribution in [3.63, 3.8) is 0 Å². The second kappa shape index (κ2) is 5.69. The molecule has 0 atom stereocenters. The van der Waals surface area contributed by atoms with Gasteiger partial charge in [0.05, 0.1) is 0 Å². The van der Waals surface area contributed by atoms with Crippen LogP contribution in [0.4, 0.5) is 0 Å². The van der Waals surface area contributed by atoms with E-state index in [9.17, 15) is 0 Å². The maximum absolute atomic E-state index is 8.80. The van der Waals surface area contributed by atoms with Crippen LogP contribution in [0.3, 0.4) is 0 Å². The zero-order valence-electron chi connectivity index (χ0n) is 4.47. The van der Waals surface area contributed by atoms with Gasteiger partial charge in [-0.3, -0.25) is 0 Å². The SMILES string of the molecule is [H-].[Mn].[Na+].[O]=[Mn](=[O])([OH])[OH]. The Morgan fingerprint density at radius 2 is 1.29 bits per heavy atom. The number of hydrogen-bond acceptors (Lipinski definition) is 2. The van der Waals surface area contributed by atoms with Crippen LogP contribution in [0.25, 0.3) is 0 Å². The van der Waals surface area contributed by atoms with Gasteiger partial charge in [0.1, 0.15) is 0 Å². The molecule has 1 radical (unpaired) electrons. The molecular formula is H3Mn2NaO4. The van der Waals surface area contributed by atoms with E-state index in [0.717, 1.165) is 0 Å². The van der Waals surface area contributed by atoms with Gasteiger partial charge in [0.25, 0.3) is 0 Å². The van der Waals surface area contributed by atoms with Gasteiger partial charge < -0.3 is 1.43 Å². The normalized spacial score (nSPS) is 8.29. The first-order valence-electron chi connectivity index (χ1n) is 0.647. The molecule has 0 aliphatic carbocycles. The van der Waals surface area contributed by atoms with E-state index in [1.165, 1.54) is 0 Å². The topological polar surface area (TPSA) is 74.6 Å². The second-order valence-corrected chi connectivity index (χ2v) is 1.71. The molecule has 0 bridgehead atoms. The van der Waals surface area contributed by atoms with Gasteiger partial charge in [-0.25, -0.2) is 0 Å². The first-order chi connectivity index (χ1) is 2.00. The third-order valence-electron chi connectivity index (χ3n) is 0. The fourth-order valence-electron chi connectivity index (χ4n) is 0. The Balaban J connectivity index is -0.0000000267. The standard InChI is InChI=1S/2Mn.Na.2H2O.2O.H/h;;;2*1H2;;;/q;+2;+1;;;;;-1/p-2. The van der Waals surface area contributed by atoms with Crippen LogP contribution < -0.4 is 29.6 Å². The molecule has 7 heteroatoms. The molecule has 2 N–H and O–H groups in total. The van der Waals surface area contributed by atoms with E-state index >= 15 is 0 Å². The summed E-state index contributed by atoms with van der Waals surface area (Å²) in [6.45, 7) is 0. The first kappa shape index (κ1) is 15.8. The predicted octanol–water partition coefficient (Wildman–Crippen LogP) is -4.24. The zero-order valence-corrected chi connectivity index (χ0v) is 7.83. The summed E-state index contributed by atoms with van der Waals surface area (Å²) in [4.78, 5) is 0. The van der Waals surface area contributed by atoms with Gasteiger partial charge in [-0.2, -0.15) is 0 Å². The Kier molecular flexibility index (Phi) is 12.9. The van der Waals surface area contributed by atoms with Crippen molar-refractivity contribution < 1.29 is 77.5 Å². The van der Waals surface area contributed by atoms with Crippen molar-refractivity contribution >= 4 is 0 Å². The Morgan fingerprint density at radius 3 is 1.29 bits per heavy atom. The van der Waals surface area contributed by atoms with Gasteiger partial charge in [-0.1, -0.05) is 0 Å². The third kappa shape index (κ3) is 96.1. The van der Waals surface area contributed by atoms with Gasteiger partial charge in [0.15, 0.2) is 0 Å². The Bertz CT molecular complexity index is 97.2.